The molecule has 168 valence electrons. The Labute approximate surface area is 201 Å². The van der Waals surface area contributed by atoms with E-state index in [1.165, 1.54) is 34.9 Å². The first-order valence-corrected chi connectivity index (χ1v) is 12.0. The molecule has 0 bridgehead atoms. The van der Waals surface area contributed by atoms with Crippen molar-refractivity contribution in [2.45, 2.75) is 28.6 Å². The zero-order chi connectivity index (χ0) is 22.8. The van der Waals surface area contributed by atoms with Crippen LogP contribution in [0.2, 0.25) is 0 Å². The van der Waals surface area contributed by atoms with Crippen LogP contribution in [0.1, 0.15) is 11.8 Å². The molecule has 3 rings (SSSR count). The van der Waals surface area contributed by atoms with Gasteiger partial charge in [0.1, 0.15) is 30.3 Å². The normalized spacial score (nSPS) is 20.6. The maximum absolute atomic E-state index is 12.8. The van der Waals surface area contributed by atoms with Crippen LogP contribution in [-0.2, 0) is 35.1 Å². The number of alkyl halides is 3. The molecular weight excluding hydrogens is 511 g/mol. The largest absolute Gasteiger partial charge is 0.461 e. The Hall–Kier alpha value is -1.46. The lowest BCUT2D eigenvalue weighted by Gasteiger charge is -2.49. The number of halogens is 3. The number of carbonyl (C=O) groups is 4. The minimum absolute atomic E-state index is 0.0620. The fraction of sp³-hybridized carbons (Fsp3) is 0.444. The van der Waals surface area contributed by atoms with Gasteiger partial charge in [-0.15, -0.1) is 23.1 Å². The fourth-order valence-corrected chi connectivity index (χ4v) is 5.18. The van der Waals surface area contributed by atoms with Gasteiger partial charge < -0.3 is 14.8 Å². The van der Waals surface area contributed by atoms with Gasteiger partial charge in [-0.3, -0.25) is 19.3 Å². The predicted molar refractivity (Wildman–Crippen MR) is 118 cm³/mol. The molecule has 1 saturated heterocycles. The van der Waals surface area contributed by atoms with Crippen LogP contribution < -0.4 is 5.32 Å². The predicted octanol–water partition coefficient (Wildman–Crippen LogP) is 2.42. The summed E-state index contributed by atoms with van der Waals surface area (Å²) in [5, 5.41) is 4.07. The molecule has 0 saturated carbocycles. The molecule has 1 fully saturated rings. The quantitative estimate of drug-likeness (QED) is 0.330. The summed E-state index contributed by atoms with van der Waals surface area (Å²) in [6.45, 7) is 0.516. The Bertz CT molecular complexity index is 916. The maximum atomic E-state index is 12.8. The van der Waals surface area contributed by atoms with Gasteiger partial charge in [0, 0.05) is 23.1 Å². The van der Waals surface area contributed by atoms with E-state index in [0.717, 1.165) is 4.88 Å². The average molecular weight is 528 g/mol. The molecule has 0 unspecified atom stereocenters. The maximum Gasteiger partial charge on any atom is 0.355 e. The number of hydrogen-bond acceptors (Lipinski definition) is 8. The lowest BCUT2D eigenvalue weighted by atomic mass is 10.0. The molecule has 1 aromatic heterocycles. The summed E-state index contributed by atoms with van der Waals surface area (Å²) in [6, 6.07) is 2.88. The molecule has 13 heteroatoms. The van der Waals surface area contributed by atoms with Crippen LogP contribution in [0.3, 0.4) is 0 Å². The van der Waals surface area contributed by atoms with E-state index in [9.17, 15) is 19.2 Å². The van der Waals surface area contributed by atoms with Crippen LogP contribution in [0.5, 0.6) is 0 Å². The second-order valence-electron chi connectivity index (χ2n) is 6.63. The van der Waals surface area contributed by atoms with Crippen LogP contribution in [0.4, 0.5) is 0 Å². The third-order valence-corrected chi connectivity index (χ3v) is 6.83. The molecule has 2 atom stereocenters. The Kier molecular flexibility index (Phi) is 7.80. The molecule has 3 heterocycles. The van der Waals surface area contributed by atoms with E-state index in [-0.39, 0.29) is 30.4 Å². The lowest BCUT2D eigenvalue weighted by molar-refractivity contribution is -0.153. The standard InChI is InChI=1S/C18H17Cl3N2O6S2/c1-9(24)28-6-10-7-31-16-13(22-12(25)5-11-3-2-4-30-11)15(26)23(16)14(10)17(27)29-8-18(19,20)21/h2-4,13,16H,5-8H2,1H3,(H,22,25)/t13-,16-/m1/s1. The van der Waals surface area contributed by atoms with E-state index < -0.39 is 39.7 Å². The van der Waals surface area contributed by atoms with Crippen molar-refractivity contribution < 1.29 is 28.7 Å². The summed E-state index contributed by atoms with van der Waals surface area (Å²) in [5.74, 6) is -1.90. The fourth-order valence-electron chi connectivity index (χ4n) is 2.98. The van der Waals surface area contributed by atoms with Gasteiger partial charge in [0.2, 0.25) is 9.70 Å². The Morgan fingerprint density at radius 2 is 2.03 bits per heavy atom. The minimum atomic E-state index is -1.83. The zero-order valence-electron chi connectivity index (χ0n) is 16.1. The number of rotatable bonds is 7. The molecule has 31 heavy (non-hydrogen) atoms. The third-order valence-electron chi connectivity index (χ3n) is 4.29. The molecule has 8 nitrogen and oxygen atoms in total. The Morgan fingerprint density at radius 3 is 2.65 bits per heavy atom. The monoisotopic (exact) mass is 526 g/mol. The number of thioether (sulfide) groups is 1. The Balaban J connectivity index is 1.74. The minimum Gasteiger partial charge on any atom is -0.461 e. The van der Waals surface area contributed by atoms with E-state index in [2.05, 4.69) is 5.32 Å². The van der Waals surface area contributed by atoms with Crippen LogP contribution in [-0.4, -0.2) is 62.8 Å². The molecule has 0 radical (unpaired) electrons. The number of β-lactam (4-membered cyclic amide) rings is 1. The first-order valence-electron chi connectivity index (χ1n) is 8.92. The van der Waals surface area contributed by atoms with Crippen molar-refractivity contribution in [2.24, 2.45) is 0 Å². The molecular formula is C18H17Cl3N2O6S2. The van der Waals surface area contributed by atoms with Crippen LogP contribution >= 0.6 is 57.9 Å². The number of fused-ring (bicyclic) bond motifs is 1. The summed E-state index contributed by atoms with van der Waals surface area (Å²) in [7, 11) is 0. The number of amides is 2. The van der Waals surface area contributed by atoms with E-state index in [1.54, 1.807) is 0 Å². The highest BCUT2D eigenvalue weighted by Gasteiger charge is 2.54. The highest BCUT2D eigenvalue weighted by atomic mass is 35.6. The number of esters is 2. The lowest BCUT2D eigenvalue weighted by Crippen LogP contribution is -2.70. The third kappa shape index (κ3) is 6.07. The highest BCUT2D eigenvalue weighted by molar-refractivity contribution is 8.00. The smallest absolute Gasteiger partial charge is 0.355 e. The van der Waals surface area contributed by atoms with Gasteiger partial charge >= 0.3 is 11.9 Å². The summed E-state index contributed by atoms with van der Waals surface area (Å²) in [5.41, 5.74) is 0.329. The van der Waals surface area contributed by atoms with Crippen molar-refractivity contribution in [3.63, 3.8) is 0 Å². The summed E-state index contributed by atoms with van der Waals surface area (Å²) in [4.78, 5) is 51.1. The van der Waals surface area contributed by atoms with Crippen molar-refractivity contribution in [2.75, 3.05) is 19.0 Å². The van der Waals surface area contributed by atoms with Crippen molar-refractivity contribution in [3.05, 3.63) is 33.7 Å². The zero-order valence-corrected chi connectivity index (χ0v) is 20.0. The van der Waals surface area contributed by atoms with Crippen molar-refractivity contribution in [1.82, 2.24) is 10.2 Å². The first-order chi connectivity index (χ1) is 14.6. The number of hydrogen-bond donors (Lipinski definition) is 1. The SMILES string of the molecule is CC(=O)OCC1=C(C(=O)OCC(Cl)(Cl)Cl)N2C(=O)[C@@H](NC(=O)Cc3cccs3)[C@H]2SC1. The van der Waals surface area contributed by atoms with Gasteiger partial charge in [-0.2, -0.15) is 0 Å². The second-order valence-corrected chi connectivity index (χ2v) is 11.3. The molecule has 2 amide bonds. The average Bonchev–Trinajstić information content (AvgIpc) is 3.20. The molecule has 1 aromatic rings. The summed E-state index contributed by atoms with van der Waals surface area (Å²) >= 11 is 19.7. The number of thiophene rings is 1. The van der Waals surface area contributed by atoms with Gasteiger partial charge in [-0.1, -0.05) is 40.9 Å². The van der Waals surface area contributed by atoms with Gasteiger partial charge in [-0.25, -0.2) is 4.79 Å². The van der Waals surface area contributed by atoms with Crippen molar-refractivity contribution in [3.8, 4) is 0 Å². The van der Waals surface area contributed by atoms with Gasteiger partial charge in [-0.05, 0) is 11.4 Å². The van der Waals surface area contributed by atoms with E-state index >= 15 is 0 Å². The second kappa shape index (κ2) is 9.99. The van der Waals surface area contributed by atoms with Gasteiger partial charge in [0.05, 0.1) is 6.42 Å². The highest BCUT2D eigenvalue weighted by Crippen LogP contribution is 2.41. The van der Waals surface area contributed by atoms with Crippen LogP contribution in [0.15, 0.2) is 28.8 Å². The van der Waals surface area contributed by atoms with Crippen molar-refractivity contribution in [1.29, 1.82) is 0 Å². The molecule has 0 aromatic carbocycles. The van der Waals surface area contributed by atoms with Crippen molar-refractivity contribution >= 4 is 81.7 Å². The number of ether oxygens (including phenoxy) is 2. The molecule has 2 aliphatic heterocycles. The molecule has 0 spiro atoms. The van der Waals surface area contributed by atoms with E-state index in [4.69, 9.17) is 44.3 Å². The number of carbonyl (C=O) groups excluding carboxylic acids is 4. The van der Waals surface area contributed by atoms with E-state index in [1.807, 2.05) is 17.5 Å². The summed E-state index contributed by atoms with van der Waals surface area (Å²) < 4.78 is 8.22. The number of nitrogens with one attached hydrogen (secondary N) is 1. The topological polar surface area (TPSA) is 102 Å². The van der Waals surface area contributed by atoms with Gasteiger partial charge in [0.15, 0.2) is 0 Å². The molecule has 0 aliphatic carbocycles. The number of nitrogens with zero attached hydrogens (tertiary/aromatic N) is 1. The molecule has 2 aliphatic rings. The van der Waals surface area contributed by atoms with Crippen LogP contribution in [0, 0.1) is 0 Å². The Morgan fingerprint density at radius 1 is 1.29 bits per heavy atom. The van der Waals surface area contributed by atoms with E-state index in [0.29, 0.717) is 5.57 Å². The van der Waals surface area contributed by atoms with Gasteiger partial charge in [0.25, 0.3) is 5.91 Å². The summed E-state index contributed by atoms with van der Waals surface area (Å²) in [6.07, 6.45) is 0.157. The van der Waals surface area contributed by atoms with Crippen LogP contribution in [0.25, 0.3) is 0 Å². The molecule has 1 N–H and O–H groups in total. The first kappa shape index (κ1) is 24.2.